The fourth-order valence-corrected chi connectivity index (χ4v) is 1.13. The van der Waals surface area contributed by atoms with Crippen LogP contribution in [-0.2, 0) is 0 Å². The molecule has 0 saturated heterocycles. The van der Waals surface area contributed by atoms with Crippen LogP contribution < -0.4 is 5.73 Å². The second kappa shape index (κ2) is 3.28. The van der Waals surface area contributed by atoms with E-state index in [0.717, 1.165) is 6.20 Å². The highest BCUT2D eigenvalue weighted by molar-refractivity contribution is 9.10. The third kappa shape index (κ3) is 1.97. The molecule has 0 aliphatic heterocycles. The summed E-state index contributed by atoms with van der Waals surface area (Å²) in [6.45, 7) is 1.73. The monoisotopic (exact) mass is 218 g/mol. The zero-order valence-corrected chi connectivity index (χ0v) is 7.60. The number of halogens is 2. The average Bonchev–Trinajstić information content (AvgIpc) is 1.94. The quantitative estimate of drug-likeness (QED) is 0.733. The Morgan fingerprint density at radius 2 is 2.36 bits per heavy atom. The van der Waals surface area contributed by atoms with Gasteiger partial charge < -0.3 is 5.73 Å². The fourth-order valence-electron chi connectivity index (χ4n) is 0.776. The molecular formula is C7H8BrFN2. The molecule has 1 aromatic rings. The maximum atomic E-state index is 12.9. The van der Waals surface area contributed by atoms with E-state index in [1.165, 1.54) is 0 Å². The van der Waals surface area contributed by atoms with E-state index < -0.39 is 0 Å². The minimum atomic E-state index is -0.358. The number of hydrogen-bond acceptors (Lipinski definition) is 2. The van der Waals surface area contributed by atoms with E-state index in [-0.39, 0.29) is 11.9 Å². The smallest absolute Gasteiger partial charge is 0.146 e. The summed E-state index contributed by atoms with van der Waals surface area (Å²) in [6.07, 6.45) is 1.16. The predicted molar refractivity (Wildman–Crippen MR) is 44.5 cm³/mol. The first-order valence-corrected chi connectivity index (χ1v) is 3.97. The van der Waals surface area contributed by atoms with Crippen molar-refractivity contribution in [3.63, 3.8) is 0 Å². The van der Waals surface area contributed by atoms with Crippen LogP contribution in [-0.4, -0.2) is 4.98 Å². The van der Waals surface area contributed by atoms with Gasteiger partial charge in [0.15, 0.2) is 0 Å². The third-order valence-electron chi connectivity index (χ3n) is 1.34. The Hall–Kier alpha value is -0.480. The van der Waals surface area contributed by atoms with E-state index in [1.54, 1.807) is 13.0 Å². The summed E-state index contributed by atoms with van der Waals surface area (Å²) in [7, 11) is 0. The molecule has 0 radical (unpaired) electrons. The lowest BCUT2D eigenvalue weighted by Gasteiger charge is -2.05. The predicted octanol–water partition coefficient (Wildman–Crippen LogP) is 2.00. The zero-order valence-electron chi connectivity index (χ0n) is 6.01. The SMILES string of the molecule is CC(N)c1cc(Br)ncc1F. The van der Waals surface area contributed by atoms with Crippen molar-refractivity contribution in [2.24, 2.45) is 5.73 Å². The van der Waals surface area contributed by atoms with E-state index in [4.69, 9.17) is 5.73 Å². The lowest BCUT2D eigenvalue weighted by atomic mass is 10.1. The summed E-state index contributed by atoms with van der Waals surface area (Å²) in [6, 6.07) is 1.29. The van der Waals surface area contributed by atoms with Crippen LogP contribution in [0.1, 0.15) is 18.5 Å². The molecule has 60 valence electrons. The molecule has 0 aromatic carbocycles. The second-order valence-electron chi connectivity index (χ2n) is 2.32. The topological polar surface area (TPSA) is 38.9 Å². The van der Waals surface area contributed by atoms with Gasteiger partial charge >= 0.3 is 0 Å². The number of rotatable bonds is 1. The largest absolute Gasteiger partial charge is 0.324 e. The van der Waals surface area contributed by atoms with Gasteiger partial charge in [0, 0.05) is 11.6 Å². The molecule has 0 aliphatic rings. The Kier molecular flexibility index (Phi) is 2.57. The summed E-state index contributed by atoms with van der Waals surface area (Å²) in [5, 5.41) is 0. The lowest BCUT2D eigenvalue weighted by molar-refractivity contribution is 0.586. The molecule has 2 N–H and O–H groups in total. The standard InChI is InChI=1S/C7H8BrFN2/c1-4(10)5-2-7(8)11-3-6(5)9/h2-4H,10H2,1H3. The molecule has 11 heavy (non-hydrogen) atoms. The van der Waals surface area contributed by atoms with Gasteiger partial charge in [0.25, 0.3) is 0 Å². The molecule has 0 amide bonds. The molecule has 0 bridgehead atoms. The van der Waals surface area contributed by atoms with Crippen LogP contribution in [0.4, 0.5) is 4.39 Å². The summed E-state index contributed by atoms with van der Waals surface area (Å²) >= 11 is 3.13. The number of nitrogens with two attached hydrogens (primary N) is 1. The first kappa shape index (κ1) is 8.62. The van der Waals surface area contributed by atoms with E-state index in [0.29, 0.717) is 10.2 Å². The minimum absolute atomic E-state index is 0.297. The van der Waals surface area contributed by atoms with Crippen LogP contribution in [0.2, 0.25) is 0 Å². The normalized spacial score (nSPS) is 13.1. The van der Waals surface area contributed by atoms with Crippen molar-refractivity contribution in [1.29, 1.82) is 0 Å². The molecule has 2 nitrogen and oxygen atoms in total. The molecule has 1 unspecified atom stereocenters. The van der Waals surface area contributed by atoms with E-state index in [2.05, 4.69) is 20.9 Å². The van der Waals surface area contributed by atoms with E-state index >= 15 is 0 Å². The molecule has 0 fully saturated rings. The molecule has 4 heteroatoms. The van der Waals surface area contributed by atoms with Crippen LogP contribution in [0, 0.1) is 5.82 Å². The molecule has 1 aromatic heterocycles. The third-order valence-corrected chi connectivity index (χ3v) is 1.78. The summed E-state index contributed by atoms with van der Waals surface area (Å²) < 4.78 is 13.5. The molecule has 1 atom stereocenters. The Morgan fingerprint density at radius 1 is 1.73 bits per heavy atom. The van der Waals surface area contributed by atoms with Crippen molar-refractivity contribution < 1.29 is 4.39 Å². The van der Waals surface area contributed by atoms with Crippen LogP contribution >= 0.6 is 15.9 Å². The van der Waals surface area contributed by atoms with Crippen molar-refractivity contribution in [2.75, 3.05) is 0 Å². The maximum absolute atomic E-state index is 12.9. The Bertz CT molecular complexity index is 263. The van der Waals surface area contributed by atoms with Crippen LogP contribution in [0.25, 0.3) is 0 Å². The first-order valence-electron chi connectivity index (χ1n) is 3.18. The first-order chi connectivity index (χ1) is 5.11. The highest BCUT2D eigenvalue weighted by Gasteiger charge is 2.06. The number of hydrogen-bond donors (Lipinski definition) is 1. The molecule has 1 rings (SSSR count). The molecule has 0 saturated carbocycles. The minimum Gasteiger partial charge on any atom is -0.324 e. The van der Waals surface area contributed by atoms with Crippen molar-refractivity contribution >= 4 is 15.9 Å². The van der Waals surface area contributed by atoms with Crippen molar-refractivity contribution in [3.05, 3.63) is 28.2 Å². The zero-order chi connectivity index (χ0) is 8.43. The number of nitrogens with zero attached hydrogens (tertiary/aromatic N) is 1. The van der Waals surface area contributed by atoms with E-state index in [1.807, 2.05) is 0 Å². The highest BCUT2D eigenvalue weighted by atomic mass is 79.9. The molecule has 0 aliphatic carbocycles. The van der Waals surface area contributed by atoms with E-state index in [9.17, 15) is 4.39 Å². The molecule has 0 spiro atoms. The Labute approximate surface area is 72.8 Å². The van der Waals surface area contributed by atoms with Gasteiger partial charge in [-0.1, -0.05) is 0 Å². The Morgan fingerprint density at radius 3 is 2.82 bits per heavy atom. The van der Waals surface area contributed by atoms with Gasteiger partial charge in [-0.05, 0) is 28.9 Å². The van der Waals surface area contributed by atoms with Gasteiger partial charge in [-0.15, -0.1) is 0 Å². The summed E-state index contributed by atoms with van der Waals surface area (Å²) in [5.41, 5.74) is 5.97. The molecular weight excluding hydrogens is 211 g/mol. The van der Waals surface area contributed by atoms with Gasteiger partial charge in [-0.3, -0.25) is 0 Å². The molecule has 1 heterocycles. The number of pyridine rings is 1. The summed E-state index contributed by atoms with van der Waals surface area (Å²) in [4.78, 5) is 3.71. The van der Waals surface area contributed by atoms with Crippen LogP contribution in [0.5, 0.6) is 0 Å². The van der Waals surface area contributed by atoms with Crippen LogP contribution in [0.15, 0.2) is 16.9 Å². The van der Waals surface area contributed by atoms with Gasteiger partial charge in [-0.25, -0.2) is 9.37 Å². The second-order valence-corrected chi connectivity index (χ2v) is 3.13. The average molecular weight is 219 g/mol. The van der Waals surface area contributed by atoms with Crippen molar-refractivity contribution in [3.8, 4) is 0 Å². The fraction of sp³-hybridized carbons (Fsp3) is 0.286. The lowest BCUT2D eigenvalue weighted by Crippen LogP contribution is -2.07. The van der Waals surface area contributed by atoms with Crippen molar-refractivity contribution in [1.82, 2.24) is 4.98 Å². The van der Waals surface area contributed by atoms with Gasteiger partial charge in [0.2, 0.25) is 0 Å². The summed E-state index contributed by atoms with van der Waals surface area (Å²) in [5.74, 6) is -0.358. The van der Waals surface area contributed by atoms with Crippen molar-refractivity contribution in [2.45, 2.75) is 13.0 Å². The van der Waals surface area contributed by atoms with Gasteiger partial charge in [-0.2, -0.15) is 0 Å². The Balaban J connectivity index is 3.13. The highest BCUT2D eigenvalue weighted by Crippen LogP contribution is 2.17. The number of aromatic nitrogens is 1. The van der Waals surface area contributed by atoms with Crippen LogP contribution in [0.3, 0.4) is 0 Å². The van der Waals surface area contributed by atoms with Gasteiger partial charge in [0.1, 0.15) is 10.4 Å². The van der Waals surface area contributed by atoms with Gasteiger partial charge in [0.05, 0.1) is 6.20 Å². The maximum Gasteiger partial charge on any atom is 0.146 e.